The molecule has 0 aromatic carbocycles. The Morgan fingerprint density at radius 2 is 2.50 bits per heavy atom. The molecule has 2 rings (SSSR count). The summed E-state index contributed by atoms with van der Waals surface area (Å²) in [4.78, 5) is 3.83. The average molecular weight is 321 g/mol. The maximum absolute atomic E-state index is 3.57. The van der Waals surface area contributed by atoms with Gasteiger partial charge in [0, 0.05) is 51.9 Å². The van der Waals surface area contributed by atoms with Gasteiger partial charge < -0.3 is 5.32 Å². The summed E-state index contributed by atoms with van der Waals surface area (Å²) in [6, 6.07) is 2.87. The van der Waals surface area contributed by atoms with E-state index in [4.69, 9.17) is 0 Å². The molecule has 1 saturated heterocycles. The van der Waals surface area contributed by atoms with E-state index in [-0.39, 0.29) is 0 Å². The van der Waals surface area contributed by atoms with E-state index in [0.717, 1.165) is 19.6 Å². The minimum absolute atomic E-state index is 0.659. The molecule has 16 heavy (non-hydrogen) atoms. The average Bonchev–Trinajstić information content (AvgIpc) is 2.65. The number of rotatable bonds is 4. The predicted octanol–water partition coefficient (Wildman–Crippen LogP) is 2.65. The van der Waals surface area contributed by atoms with Crippen LogP contribution in [0, 0.1) is 0 Å². The lowest BCUT2D eigenvalue weighted by molar-refractivity contribution is 0.294. The molecule has 0 amide bonds. The second-order valence-electron chi connectivity index (χ2n) is 4.15. The second kappa shape index (κ2) is 6.40. The molecular weight excluding hydrogens is 304 g/mol. The Bertz CT molecular complexity index is 324. The van der Waals surface area contributed by atoms with Gasteiger partial charge in [-0.2, -0.15) is 11.8 Å². The molecular formula is C11H17BrN2S2. The minimum atomic E-state index is 0.659. The van der Waals surface area contributed by atoms with E-state index in [9.17, 15) is 0 Å². The van der Waals surface area contributed by atoms with Crippen LogP contribution in [0.3, 0.4) is 0 Å². The van der Waals surface area contributed by atoms with Crippen molar-refractivity contribution >= 4 is 39.0 Å². The number of hydrogen-bond donors (Lipinski definition) is 1. The molecule has 2 nitrogen and oxygen atoms in total. The summed E-state index contributed by atoms with van der Waals surface area (Å²) < 4.78 is 1.20. The van der Waals surface area contributed by atoms with Crippen molar-refractivity contribution in [1.29, 1.82) is 0 Å². The van der Waals surface area contributed by atoms with Gasteiger partial charge in [0.1, 0.15) is 0 Å². The molecule has 1 aromatic heterocycles. The van der Waals surface area contributed by atoms with Crippen molar-refractivity contribution in [2.45, 2.75) is 12.6 Å². The first-order valence-corrected chi connectivity index (χ1v) is 8.29. The standard InChI is InChI=1S/C11H17BrN2S2/c1-14(5-10-8-15-3-2-13-10)6-11-4-9(12)7-16-11/h4,7,10,13H,2-3,5-6,8H2,1H3. The molecule has 0 spiro atoms. The fourth-order valence-corrected chi connectivity index (χ4v) is 4.35. The number of nitrogens with zero attached hydrogens (tertiary/aromatic N) is 1. The predicted molar refractivity (Wildman–Crippen MR) is 77.5 cm³/mol. The van der Waals surface area contributed by atoms with Crippen molar-refractivity contribution in [3.63, 3.8) is 0 Å². The third-order valence-corrected chi connectivity index (χ3v) is 5.39. The molecule has 1 aliphatic rings. The molecule has 0 saturated carbocycles. The summed E-state index contributed by atoms with van der Waals surface area (Å²) in [5.74, 6) is 2.51. The minimum Gasteiger partial charge on any atom is -0.311 e. The van der Waals surface area contributed by atoms with Crippen molar-refractivity contribution in [2.75, 3.05) is 31.6 Å². The quantitative estimate of drug-likeness (QED) is 0.918. The third-order valence-electron chi connectivity index (χ3n) is 2.58. The van der Waals surface area contributed by atoms with E-state index < -0.39 is 0 Å². The van der Waals surface area contributed by atoms with E-state index in [1.54, 1.807) is 0 Å². The first kappa shape index (κ1) is 12.9. The number of thioether (sulfide) groups is 1. The van der Waals surface area contributed by atoms with Crippen LogP contribution in [0.4, 0.5) is 0 Å². The molecule has 1 aliphatic heterocycles. The summed E-state index contributed by atoms with van der Waals surface area (Å²) in [5.41, 5.74) is 0. The van der Waals surface area contributed by atoms with Crippen LogP contribution in [0.1, 0.15) is 4.88 Å². The Balaban J connectivity index is 1.77. The highest BCUT2D eigenvalue weighted by atomic mass is 79.9. The van der Waals surface area contributed by atoms with Gasteiger partial charge in [0.05, 0.1) is 0 Å². The second-order valence-corrected chi connectivity index (χ2v) is 7.22. The van der Waals surface area contributed by atoms with Crippen molar-refractivity contribution in [3.05, 3.63) is 20.8 Å². The Labute approximate surface area is 114 Å². The van der Waals surface area contributed by atoms with Gasteiger partial charge in [-0.15, -0.1) is 11.3 Å². The first-order valence-electron chi connectivity index (χ1n) is 5.46. The zero-order valence-electron chi connectivity index (χ0n) is 9.41. The molecule has 90 valence electrons. The van der Waals surface area contributed by atoms with Crippen LogP contribution in [0.15, 0.2) is 15.9 Å². The fraction of sp³-hybridized carbons (Fsp3) is 0.636. The van der Waals surface area contributed by atoms with Crippen LogP contribution in [-0.2, 0) is 6.54 Å². The van der Waals surface area contributed by atoms with Crippen LogP contribution in [0.25, 0.3) is 0 Å². The molecule has 0 radical (unpaired) electrons. The van der Waals surface area contributed by atoms with Gasteiger partial charge in [0.15, 0.2) is 0 Å². The summed E-state index contributed by atoms with van der Waals surface area (Å²) in [6.07, 6.45) is 0. The number of likely N-dealkylation sites (N-methyl/N-ethyl adjacent to an activating group) is 1. The fourth-order valence-electron chi connectivity index (χ4n) is 1.88. The Kier molecular flexibility index (Phi) is 5.16. The number of hydrogen-bond acceptors (Lipinski definition) is 4. The monoisotopic (exact) mass is 320 g/mol. The van der Waals surface area contributed by atoms with Gasteiger partial charge in [-0.25, -0.2) is 0 Å². The lowest BCUT2D eigenvalue weighted by atomic mass is 10.3. The normalized spacial score (nSPS) is 21.6. The van der Waals surface area contributed by atoms with Crippen LogP contribution >= 0.6 is 39.0 Å². The van der Waals surface area contributed by atoms with Crippen molar-refractivity contribution < 1.29 is 0 Å². The van der Waals surface area contributed by atoms with E-state index >= 15 is 0 Å². The summed E-state index contributed by atoms with van der Waals surface area (Å²) in [7, 11) is 2.20. The van der Waals surface area contributed by atoms with Gasteiger partial charge in [-0.05, 0) is 29.0 Å². The maximum atomic E-state index is 3.57. The molecule has 1 atom stereocenters. The molecule has 0 bridgehead atoms. The topological polar surface area (TPSA) is 15.3 Å². The van der Waals surface area contributed by atoms with E-state index in [1.807, 2.05) is 11.3 Å². The zero-order chi connectivity index (χ0) is 11.4. The summed E-state index contributed by atoms with van der Waals surface area (Å²) in [6.45, 7) is 3.36. The van der Waals surface area contributed by atoms with Gasteiger partial charge >= 0.3 is 0 Å². The van der Waals surface area contributed by atoms with Crippen LogP contribution < -0.4 is 5.32 Å². The van der Waals surface area contributed by atoms with Gasteiger partial charge in [-0.1, -0.05) is 0 Å². The lowest BCUT2D eigenvalue weighted by Gasteiger charge is -2.27. The van der Waals surface area contributed by atoms with Gasteiger partial charge in [0.25, 0.3) is 0 Å². The Morgan fingerprint density at radius 1 is 1.62 bits per heavy atom. The molecule has 1 unspecified atom stereocenters. The molecule has 2 heterocycles. The molecule has 1 aromatic rings. The molecule has 1 fully saturated rings. The SMILES string of the molecule is CN(Cc1cc(Br)cs1)CC1CSCCN1. The number of nitrogens with one attached hydrogen (secondary N) is 1. The first-order chi connectivity index (χ1) is 7.74. The lowest BCUT2D eigenvalue weighted by Crippen LogP contribution is -2.44. The smallest absolute Gasteiger partial charge is 0.0325 e. The highest BCUT2D eigenvalue weighted by Crippen LogP contribution is 2.21. The highest BCUT2D eigenvalue weighted by Gasteiger charge is 2.15. The van der Waals surface area contributed by atoms with Gasteiger partial charge in [-0.3, -0.25) is 4.90 Å². The maximum Gasteiger partial charge on any atom is 0.0325 e. The van der Waals surface area contributed by atoms with Crippen LogP contribution in [0.2, 0.25) is 0 Å². The third kappa shape index (κ3) is 4.04. The van der Waals surface area contributed by atoms with Crippen molar-refractivity contribution in [2.24, 2.45) is 0 Å². The largest absolute Gasteiger partial charge is 0.311 e. The zero-order valence-corrected chi connectivity index (χ0v) is 12.6. The van der Waals surface area contributed by atoms with Gasteiger partial charge in [0.2, 0.25) is 0 Å². The van der Waals surface area contributed by atoms with Crippen molar-refractivity contribution in [1.82, 2.24) is 10.2 Å². The summed E-state index contributed by atoms with van der Waals surface area (Å²) in [5, 5.41) is 5.72. The van der Waals surface area contributed by atoms with E-state index in [1.165, 1.54) is 20.9 Å². The van der Waals surface area contributed by atoms with E-state index in [0.29, 0.717) is 6.04 Å². The molecule has 1 N–H and O–H groups in total. The number of halogens is 1. The van der Waals surface area contributed by atoms with Crippen molar-refractivity contribution in [3.8, 4) is 0 Å². The van der Waals surface area contributed by atoms with Crippen LogP contribution in [0.5, 0.6) is 0 Å². The Hall–Kier alpha value is 0.450. The van der Waals surface area contributed by atoms with Crippen LogP contribution in [-0.4, -0.2) is 42.6 Å². The van der Waals surface area contributed by atoms with E-state index in [2.05, 4.69) is 56.4 Å². The number of thiophene rings is 1. The Morgan fingerprint density at radius 3 is 3.12 bits per heavy atom. The highest BCUT2D eigenvalue weighted by molar-refractivity contribution is 9.10. The molecule has 0 aliphatic carbocycles. The summed E-state index contributed by atoms with van der Waals surface area (Å²) >= 11 is 7.38. The molecule has 5 heteroatoms.